The van der Waals surface area contributed by atoms with Crippen LogP contribution < -0.4 is 16.4 Å². The molecule has 0 unspecified atom stereocenters. The number of amides is 2. The molecule has 2 amide bonds. The molecule has 0 radical (unpaired) electrons. The number of nitrogens with one attached hydrogen (secondary N) is 3. The summed E-state index contributed by atoms with van der Waals surface area (Å²) in [5.74, 6) is 0.216. The highest BCUT2D eigenvalue weighted by molar-refractivity contribution is 7.10. The van der Waals surface area contributed by atoms with Crippen LogP contribution in [0, 0.1) is 11.3 Å². The number of H-pyrrole nitrogens is 1. The van der Waals surface area contributed by atoms with Gasteiger partial charge in [-0.2, -0.15) is 10.4 Å². The number of nitrogens with two attached hydrogens (primary N) is 1. The molecule has 8 heteroatoms. The molecule has 116 valence electrons. The number of urea groups is 1. The van der Waals surface area contributed by atoms with Crippen LogP contribution in [0.1, 0.15) is 35.5 Å². The van der Waals surface area contributed by atoms with Gasteiger partial charge in [-0.15, -0.1) is 11.3 Å². The van der Waals surface area contributed by atoms with Crippen molar-refractivity contribution in [2.75, 3.05) is 12.3 Å². The van der Waals surface area contributed by atoms with Gasteiger partial charge in [0.15, 0.2) is 5.82 Å². The minimum atomic E-state index is -0.203. The number of carbonyl (C=O) groups is 1. The minimum absolute atomic E-state index is 0.0161. The second-order valence-electron chi connectivity index (χ2n) is 4.82. The standard InChI is InChI=1S/C14H18N6OS/c1-9(12-5-3-7-22-12)18-14(21)17-6-2-4-11-10(8-15)13(16)20-19-11/h3,5,7,9H,2,4,6H2,1H3,(H3,16,19,20)(H2,17,18,21)/t9-/m0/s1. The predicted octanol–water partition coefficient (Wildman–Crippen LogP) is 1.92. The fourth-order valence-corrected chi connectivity index (χ4v) is 2.76. The molecule has 7 nitrogen and oxygen atoms in total. The molecule has 1 atom stereocenters. The lowest BCUT2D eigenvalue weighted by Gasteiger charge is -2.13. The summed E-state index contributed by atoms with van der Waals surface area (Å²) in [6.45, 7) is 2.45. The van der Waals surface area contributed by atoms with Crippen LogP contribution in [0.2, 0.25) is 0 Å². The van der Waals surface area contributed by atoms with Crippen LogP contribution >= 0.6 is 11.3 Å². The van der Waals surface area contributed by atoms with Crippen LogP contribution in [0.15, 0.2) is 17.5 Å². The first kappa shape index (κ1) is 15.9. The van der Waals surface area contributed by atoms with Crippen molar-refractivity contribution in [2.45, 2.75) is 25.8 Å². The van der Waals surface area contributed by atoms with Crippen molar-refractivity contribution in [3.8, 4) is 6.07 Å². The number of hydrogen-bond acceptors (Lipinski definition) is 5. The smallest absolute Gasteiger partial charge is 0.315 e. The Morgan fingerprint density at radius 2 is 2.45 bits per heavy atom. The minimum Gasteiger partial charge on any atom is -0.381 e. The zero-order chi connectivity index (χ0) is 15.9. The van der Waals surface area contributed by atoms with E-state index in [1.165, 1.54) is 0 Å². The molecule has 2 heterocycles. The van der Waals surface area contributed by atoms with Crippen LogP contribution in [0.5, 0.6) is 0 Å². The fourth-order valence-electron chi connectivity index (χ4n) is 2.02. The van der Waals surface area contributed by atoms with E-state index in [4.69, 9.17) is 11.0 Å². The highest BCUT2D eigenvalue weighted by Gasteiger charge is 2.11. The topological polar surface area (TPSA) is 120 Å². The second kappa shape index (κ2) is 7.47. The molecule has 2 rings (SSSR count). The zero-order valence-corrected chi connectivity index (χ0v) is 13.0. The quantitative estimate of drug-likeness (QED) is 0.608. The molecular formula is C14H18N6OS. The average molecular weight is 318 g/mol. The van der Waals surface area contributed by atoms with E-state index in [2.05, 4.69) is 20.8 Å². The molecule has 0 aliphatic carbocycles. The molecule has 0 aliphatic heterocycles. The first-order valence-electron chi connectivity index (χ1n) is 6.92. The Morgan fingerprint density at radius 1 is 1.64 bits per heavy atom. The predicted molar refractivity (Wildman–Crippen MR) is 85.3 cm³/mol. The number of rotatable bonds is 6. The maximum atomic E-state index is 11.8. The summed E-state index contributed by atoms with van der Waals surface area (Å²) < 4.78 is 0. The second-order valence-corrected chi connectivity index (χ2v) is 5.79. The SMILES string of the molecule is C[C@H](NC(=O)NCCCc1[nH]nc(N)c1C#N)c1cccs1. The van der Waals surface area contributed by atoms with E-state index >= 15 is 0 Å². The van der Waals surface area contributed by atoms with Gasteiger partial charge >= 0.3 is 6.03 Å². The van der Waals surface area contributed by atoms with E-state index in [0.29, 0.717) is 30.6 Å². The molecule has 0 saturated heterocycles. The van der Waals surface area contributed by atoms with Gasteiger partial charge in [0.05, 0.1) is 11.7 Å². The highest BCUT2D eigenvalue weighted by Crippen LogP contribution is 2.17. The molecule has 0 spiro atoms. The zero-order valence-electron chi connectivity index (χ0n) is 12.2. The average Bonchev–Trinajstić information content (AvgIpc) is 3.13. The molecule has 0 aliphatic rings. The molecular weight excluding hydrogens is 300 g/mol. The summed E-state index contributed by atoms with van der Waals surface area (Å²) >= 11 is 1.61. The summed E-state index contributed by atoms with van der Waals surface area (Å²) in [6, 6.07) is 5.74. The molecule has 0 bridgehead atoms. The maximum absolute atomic E-state index is 11.8. The number of aromatic amines is 1. The monoisotopic (exact) mass is 318 g/mol. The van der Waals surface area contributed by atoms with Crippen molar-refractivity contribution >= 4 is 23.2 Å². The molecule has 0 fully saturated rings. The van der Waals surface area contributed by atoms with Gasteiger partial charge in [0.25, 0.3) is 0 Å². The van der Waals surface area contributed by atoms with Gasteiger partial charge in [0.2, 0.25) is 0 Å². The summed E-state index contributed by atoms with van der Waals surface area (Å²) in [7, 11) is 0. The lowest BCUT2D eigenvalue weighted by molar-refractivity contribution is 0.238. The Morgan fingerprint density at radius 3 is 3.14 bits per heavy atom. The van der Waals surface area contributed by atoms with Crippen LogP contribution in [0.4, 0.5) is 10.6 Å². The maximum Gasteiger partial charge on any atom is 0.315 e. The van der Waals surface area contributed by atoms with E-state index in [-0.39, 0.29) is 17.9 Å². The Kier molecular flexibility index (Phi) is 5.38. The van der Waals surface area contributed by atoms with E-state index in [0.717, 1.165) is 4.88 Å². The number of carbonyl (C=O) groups excluding carboxylic acids is 1. The Balaban J connectivity index is 1.70. The van der Waals surface area contributed by atoms with Gasteiger partial charge in [0.1, 0.15) is 11.6 Å². The Labute approximate surface area is 132 Å². The third kappa shape index (κ3) is 3.99. The lowest BCUT2D eigenvalue weighted by Crippen LogP contribution is -2.37. The van der Waals surface area contributed by atoms with Crippen molar-refractivity contribution in [3.63, 3.8) is 0 Å². The van der Waals surface area contributed by atoms with Gasteiger partial charge in [-0.05, 0) is 31.2 Å². The third-order valence-electron chi connectivity index (χ3n) is 3.19. The third-order valence-corrected chi connectivity index (χ3v) is 4.24. The number of aryl methyl sites for hydroxylation is 1. The first-order chi connectivity index (χ1) is 10.6. The van der Waals surface area contributed by atoms with Crippen molar-refractivity contribution in [1.29, 1.82) is 5.26 Å². The molecule has 5 N–H and O–H groups in total. The van der Waals surface area contributed by atoms with E-state index in [9.17, 15) is 4.79 Å². The van der Waals surface area contributed by atoms with Gasteiger partial charge in [-0.3, -0.25) is 5.10 Å². The molecule has 2 aromatic heterocycles. The van der Waals surface area contributed by atoms with Crippen molar-refractivity contribution in [2.24, 2.45) is 0 Å². The normalized spacial score (nSPS) is 11.6. The van der Waals surface area contributed by atoms with Gasteiger partial charge < -0.3 is 16.4 Å². The highest BCUT2D eigenvalue weighted by atomic mass is 32.1. The summed E-state index contributed by atoms with van der Waals surface area (Å²) in [4.78, 5) is 12.9. The number of nitrogens with zero attached hydrogens (tertiary/aromatic N) is 2. The van der Waals surface area contributed by atoms with Crippen LogP contribution in [-0.2, 0) is 6.42 Å². The number of nitriles is 1. The number of aromatic nitrogens is 2. The van der Waals surface area contributed by atoms with E-state index in [1.807, 2.05) is 30.5 Å². The first-order valence-corrected chi connectivity index (χ1v) is 7.80. The van der Waals surface area contributed by atoms with Gasteiger partial charge in [-0.1, -0.05) is 6.07 Å². The van der Waals surface area contributed by atoms with Crippen LogP contribution in [0.25, 0.3) is 0 Å². The van der Waals surface area contributed by atoms with Crippen LogP contribution in [0.3, 0.4) is 0 Å². The number of hydrogen-bond donors (Lipinski definition) is 4. The molecule has 0 aromatic carbocycles. The summed E-state index contributed by atoms with van der Waals surface area (Å²) in [5.41, 5.74) is 6.65. The molecule has 2 aromatic rings. The number of anilines is 1. The molecule has 0 saturated carbocycles. The van der Waals surface area contributed by atoms with E-state index in [1.54, 1.807) is 11.3 Å². The Bertz CT molecular complexity index is 657. The van der Waals surface area contributed by atoms with E-state index < -0.39 is 0 Å². The summed E-state index contributed by atoms with van der Waals surface area (Å²) in [6.07, 6.45) is 1.30. The van der Waals surface area contributed by atoms with Crippen LogP contribution in [-0.4, -0.2) is 22.8 Å². The van der Waals surface area contributed by atoms with Crippen molar-refractivity contribution < 1.29 is 4.79 Å². The number of nitrogen functional groups attached to an aromatic ring is 1. The van der Waals surface area contributed by atoms with Crippen molar-refractivity contribution in [1.82, 2.24) is 20.8 Å². The lowest BCUT2D eigenvalue weighted by atomic mass is 10.1. The fraction of sp³-hybridized carbons (Fsp3) is 0.357. The largest absolute Gasteiger partial charge is 0.381 e. The van der Waals surface area contributed by atoms with Gasteiger partial charge in [-0.25, -0.2) is 4.79 Å². The molecule has 22 heavy (non-hydrogen) atoms. The Hall–Kier alpha value is -2.53. The van der Waals surface area contributed by atoms with Crippen molar-refractivity contribution in [3.05, 3.63) is 33.6 Å². The number of thiophene rings is 1. The summed E-state index contributed by atoms with van der Waals surface area (Å²) in [5, 5.41) is 23.1. The van der Waals surface area contributed by atoms with Gasteiger partial charge in [0, 0.05) is 11.4 Å².